The third-order valence-electron chi connectivity index (χ3n) is 11.6. The molecule has 0 saturated carbocycles. The number of carbonyl (C=O) groups is 14. The molecule has 18 N–H and O–H groups in total. The maximum Gasteiger partial charge on any atom is 0.327 e. The van der Waals surface area contributed by atoms with Gasteiger partial charge in [0.05, 0.1) is 38.9 Å². The number of aromatic nitrogens is 2. The molecule has 0 unspecified atom stereocenters. The second-order valence-electron chi connectivity index (χ2n) is 18.8. The molecule has 0 spiro atoms. The number of aromatic amines is 1. The van der Waals surface area contributed by atoms with Crippen molar-refractivity contribution in [2.75, 3.05) is 49.7 Å². The lowest BCUT2D eigenvalue weighted by Gasteiger charge is -2.26. The van der Waals surface area contributed by atoms with Gasteiger partial charge in [-0.3, -0.25) is 62.3 Å². The van der Waals surface area contributed by atoms with Gasteiger partial charge in [-0.05, 0) is 42.8 Å². The van der Waals surface area contributed by atoms with Crippen molar-refractivity contribution in [1.82, 2.24) is 68.5 Å². The zero-order chi connectivity index (χ0) is 62.2. The van der Waals surface area contributed by atoms with Gasteiger partial charge in [-0.25, -0.2) is 9.78 Å². The van der Waals surface area contributed by atoms with Crippen molar-refractivity contribution in [2.24, 2.45) is 17.4 Å². The molecule has 83 heavy (non-hydrogen) atoms. The number of carbonyl (C=O) groups excluding carboxylic acids is 12. The van der Waals surface area contributed by atoms with Crippen molar-refractivity contribution in [2.45, 2.75) is 107 Å². The molecule has 0 aliphatic rings. The molecule has 31 nitrogen and oxygen atoms in total. The average molecular weight is 1220 g/mol. The molecule has 12 amide bonds. The number of carboxylic acids is 2. The molecule has 0 bridgehead atoms. The number of H-pyrrole nitrogens is 1. The van der Waals surface area contributed by atoms with Crippen LogP contribution in [-0.4, -0.2) is 201 Å². The first-order valence-electron chi connectivity index (χ1n) is 25.7. The van der Waals surface area contributed by atoms with Crippen LogP contribution >= 0.6 is 37.0 Å². The predicted molar refractivity (Wildman–Crippen MR) is 304 cm³/mol. The summed E-state index contributed by atoms with van der Waals surface area (Å²) in [6.45, 7) is 0.766. The van der Waals surface area contributed by atoms with E-state index >= 15 is 0 Å². The van der Waals surface area contributed by atoms with E-state index in [0.717, 1.165) is 0 Å². The van der Waals surface area contributed by atoms with Gasteiger partial charge in [-0.2, -0.15) is 37.0 Å². The molecule has 1 aromatic heterocycles. The van der Waals surface area contributed by atoms with E-state index < -0.39 is 177 Å². The summed E-state index contributed by atoms with van der Waals surface area (Å²) in [5.41, 5.74) is 11.5. The first-order valence-corrected chi connectivity index (χ1v) is 28.3. The number of aliphatic carboxylic acids is 2. The number of rotatable bonds is 39. The monoisotopic (exact) mass is 1220 g/mol. The number of hydrogen-bond donors (Lipinski definition) is 18. The lowest BCUT2D eigenvalue weighted by molar-refractivity contribution is -0.141. The number of imidazole rings is 1. The van der Waals surface area contributed by atoms with Gasteiger partial charge >= 0.3 is 11.9 Å². The number of thiol groups is 2. The van der Waals surface area contributed by atoms with Crippen LogP contribution in [0.5, 0.6) is 0 Å². The van der Waals surface area contributed by atoms with Crippen LogP contribution in [-0.2, 0) is 80.0 Å². The highest BCUT2D eigenvalue weighted by molar-refractivity contribution is 7.98. The molecule has 2 aromatic rings. The summed E-state index contributed by atoms with van der Waals surface area (Å²) < 4.78 is 0. The summed E-state index contributed by atoms with van der Waals surface area (Å²) in [7, 11) is 0. The maximum atomic E-state index is 14.3. The van der Waals surface area contributed by atoms with Crippen molar-refractivity contribution in [3.05, 3.63) is 54.1 Å². The summed E-state index contributed by atoms with van der Waals surface area (Å²) in [6, 6.07) is -2.86. The smallest absolute Gasteiger partial charge is 0.327 e. The zero-order valence-corrected chi connectivity index (χ0v) is 48.3. The van der Waals surface area contributed by atoms with Gasteiger partial charge in [0.25, 0.3) is 0 Å². The van der Waals surface area contributed by atoms with Crippen LogP contribution in [0.4, 0.5) is 0 Å². The quantitative estimate of drug-likeness (QED) is 0.0277. The summed E-state index contributed by atoms with van der Waals surface area (Å²) in [6.07, 6.45) is 2.39. The molecule has 2 rings (SSSR count). The Bertz CT molecular complexity index is 2570. The van der Waals surface area contributed by atoms with E-state index in [1.54, 1.807) is 50.4 Å². The van der Waals surface area contributed by atoms with E-state index in [1.807, 2.05) is 0 Å². The predicted octanol–water partition coefficient (Wildman–Crippen LogP) is -6.14. The van der Waals surface area contributed by atoms with Crippen molar-refractivity contribution in [3.63, 3.8) is 0 Å². The first-order chi connectivity index (χ1) is 39.3. The average Bonchev–Trinajstić information content (AvgIpc) is 4.05. The van der Waals surface area contributed by atoms with Crippen LogP contribution in [0.2, 0.25) is 0 Å². The molecule has 0 aliphatic carbocycles. The van der Waals surface area contributed by atoms with E-state index in [0.29, 0.717) is 17.0 Å². The second kappa shape index (κ2) is 37.9. The standard InChI is InChI=1S/C49H73N15O16S3/c1-25(2)13-30(58-39(68)20-53-42(72)28(9-10-41(70)71)61-48(78)34(22-81)60-37(66)17-50)45(75)62-31(14-26-7-5-4-6-8-26)46(76)63-32(15-27-18-52-24-56-27)44(74)55-19-38(67)57-29(11-12-83-3)43(73)54-21-40(69)59-33(16-36(51)65)47(77)64-35(23-82)49(79)80/h4-8,18,24-25,28-35,81-82H,9-17,19-23,50H2,1-3H3,(H2,51,65)(H,52,56)(H,53,72)(H,54,73)(H,55,74)(H,57,67)(H,58,68)(H,59,69)(H,60,66)(H,61,78)(H,62,75)(H,63,76)(H,64,77)(H,70,71)(H,79,80)/t28-,29-,30-,31-,32-,33-,34-,35-/m0/s1. The Hall–Kier alpha value is -7.98. The Morgan fingerprint density at radius 1 is 0.578 bits per heavy atom. The van der Waals surface area contributed by atoms with Crippen molar-refractivity contribution >= 4 is 120 Å². The molecule has 0 radical (unpaired) electrons. The van der Waals surface area contributed by atoms with Gasteiger partial charge in [-0.1, -0.05) is 44.2 Å². The summed E-state index contributed by atoms with van der Waals surface area (Å²) >= 11 is 9.21. The number of amides is 12. The minimum absolute atomic E-state index is 0.0121. The Morgan fingerprint density at radius 3 is 1.52 bits per heavy atom. The molecule has 458 valence electrons. The van der Waals surface area contributed by atoms with Gasteiger partial charge in [0, 0.05) is 42.7 Å². The number of primary amides is 1. The van der Waals surface area contributed by atoms with Crippen molar-refractivity contribution in [3.8, 4) is 0 Å². The lowest BCUT2D eigenvalue weighted by Crippen LogP contribution is -2.59. The molecule has 1 heterocycles. The van der Waals surface area contributed by atoms with Crippen LogP contribution < -0.4 is 70.0 Å². The zero-order valence-electron chi connectivity index (χ0n) is 45.7. The van der Waals surface area contributed by atoms with Gasteiger partial charge < -0.3 is 85.1 Å². The maximum absolute atomic E-state index is 14.3. The number of carboxylic acid groups (broad SMARTS) is 2. The summed E-state index contributed by atoms with van der Waals surface area (Å²) in [4.78, 5) is 187. The molecule has 0 aliphatic heterocycles. The van der Waals surface area contributed by atoms with Crippen molar-refractivity contribution in [1.29, 1.82) is 0 Å². The molecule has 0 fully saturated rings. The number of nitrogens with one attached hydrogen (secondary N) is 12. The Kier molecular flexibility index (Phi) is 32.5. The third kappa shape index (κ3) is 28.0. The molecule has 1 aromatic carbocycles. The fourth-order valence-corrected chi connectivity index (χ4v) is 8.35. The third-order valence-corrected chi connectivity index (χ3v) is 12.9. The largest absolute Gasteiger partial charge is 0.481 e. The van der Waals surface area contributed by atoms with E-state index in [2.05, 4.69) is 93.7 Å². The lowest BCUT2D eigenvalue weighted by atomic mass is 10.0. The van der Waals surface area contributed by atoms with Crippen LogP contribution in [0.3, 0.4) is 0 Å². The van der Waals surface area contributed by atoms with E-state index in [-0.39, 0.29) is 43.1 Å². The minimum atomic E-state index is -1.62. The fraction of sp³-hybridized carbons (Fsp3) is 0.531. The second-order valence-corrected chi connectivity index (χ2v) is 20.5. The fourth-order valence-electron chi connectivity index (χ4n) is 7.37. The number of benzene rings is 1. The van der Waals surface area contributed by atoms with Crippen LogP contribution in [0.25, 0.3) is 0 Å². The molecular formula is C49H73N15O16S3. The normalized spacial score (nSPS) is 13.7. The SMILES string of the molecule is CSCC[C@H](NC(=O)CNC(=O)[C@H](Cc1cnc[nH]1)NC(=O)[C@H](Cc1ccccc1)NC(=O)[C@H](CC(C)C)NC(=O)CNC(=O)[C@H](CCC(=O)O)NC(=O)[C@H](CS)NC(=O)CN)C(=O)NCC(=O)N[C@@H](CC(N)=O)C(=O)N[C@@H](CS)C(=O)O. The number of nitrogens with two attached hydrogens (primary N) is 2. The Morgan fingerprint density at radius 2 is 1.04 bits per heavy atom. The van der Waals surface area contributed by atoms with Crippen LogP contribution in [0.15, 0.2) is 42.9 Å². The number of thioether (sulfide) groups is 1. The van der Waals surface area contributed by atoms with Crippen LogP contribution in [0, 0.1) is 5.92 Å². The topological polar surface area (TPSA) is 492 Å². The van der Waals surface area contributed by atoms with Crippen molar-refractivity contribution < 1.29 is 77.3 Å². The van der Waals surface area contributed by atoms with Gasteiger partial charge in [0.2, 0.25) is 70.9 Å². The van der Waals surface area contributed by atoms with E-state index in [9.17, 15) is 77.3 Å². The van der Waals surface area contributed by atoms with E-state index in [1.165, 1.54) is 24.3 Å². The van der Waals surface area contributed by atoms with E-state index in [4.69, 9.17) is 11.5 Å². The summed E-state index contributed by atoms with van der Waals surface area (Å²) in [5.74, 6) is -14.1. The highest BCUT2D eigenvalue weighted by Gasteiger charge is 2.33. The van der Waals surface area contributed by atoms with Gasteiger partial charge in [0.15, 0.2) is 0 Å². The van der Waals surface area contributed by atoms with Crippen LogP contribution in [0.1, 0.15) is 57.2 Å². The minimum Gasteiger partial charge on any atom is -0.481 e. The highest BCUT2D eigenvalue weighted by atomic mass is 32.2. The number of hydrogen-bond acceptors (Lipinski definition) is 19. The van der Waals surface area contributed by atoms with Gasteiger partial charge in [-0.15, -0.1) is 0 Å². The Balaban J connectivity index is 2.27. The molecule has 8 atom stereocenters. The molecule has 34 heteroatoms. The highest BCUT2D eigenvalue weighted by Crippen LogP contribution is 2.10. The summed E-state index contributed by atoms with van der Waals surface area (Å²) in [5, 5.41) is 44.9. The first kappa shape index (κ1) is 71.1. The Labute approximate surface area is 492 Å². The molecule has 0 saturated heterocycles. The molecular weight excluding hydrogens is 1150 g/mol. The van der Waals surface area contributed by atoms with Gasteiger partial charge in [0.1, 0.15) is 48.3 Å². The number of nitrogens with zero attached hydrogens (tertiary/aromatic N) is 1.